The number of imidazole rings is 1. The lowest BCUT2D eigenvalue weighted by atomic mass is 9.89. The van der Waals surface area contributed by atoms with Gasteiger partial charge in [0.2, 0.25) is 0 Å². The molecule has 3 heterocycles. The van der Waals surface area contributed by atoms with Crippen LogP contribution < -0.4 is 5.32 Å². The molecule has 1 aliphatic carbocycles. The smallest absolute Gasteiger partial charge is 0.183 e. The maximum Gasteiger partial charge on any atom is 0.183 e. The third-order valence-corrected chi connectivity index (χ3v) is 4.28. The summed E-state index contributed by atoms with van der Waals surface area (Å²) in [7, 11) is 0. The van der Waals surface area contributed by atoms with Gasteiger partial charge in [-0.15, -0.1) is 0 Å². The number of aromatic nitrogens is 4. The molecule has 1 saturated carbocycles. The van der Waals surface area contributed by atoms with Crippen molar-refractivity contribution in [2.75, 3.05) is 5.32 Å². The zero-order chi connectivity index (χ0) is 14.8. The molecular formula is C16H19N5O. The van der Waals surface area contributed by atoms with Crippen LogP contribution in [0.4, 0.5) is 5.82 Å². The quantitative estimate of drug-likeness (QED) is 0.769. The number of rotatable bonds is 4. The predicted molar refractivity (Wildman–Crippen MR) is 83.5 cm³/mol. The molecule has 22 heavy (non-hydrogen) atoms. The highest BCUT2D eigenvalue weighted by Crippen LogP contribution is 2.32. The van der Waals surface area contributed by atoms with Gasteiger partial charge in [0.25, 0.3) is 0 Å². The van der Waals surface area contributed by atoms with Gasteiger partial charge in [-0.2, -0.15) is 0 Å². The first kappa shape index (κ1) is 13.3. The summed E-state index contributed by atoms with van der Waals surface area (Å²) in [4.78, 5) is 16.8. The van der Waals surface area contributed by atoms with Crippen LogP contribution in [0.1, 0.15) is 49.6 Å². The second kappa shape index (κ2) is 5.79. The Morgan fingerprint density at radius 1 is 1.23 bits per heavy atom. The molecule has 1 fully saturated rings. The summed E-state index contributed by atoms with van der Waals surface area (Å²) < 4.78 is 5.36. The van der Waals surface area contributed by atoms with Crippen LogP contribution in [0.15, 0.2) is 29.1 Å². The summed E-state index contributed by atoms with van der Waals surface area (Å²) >= 11 is 0. The summed E-state index contributed by atoms with van der Waals surface area (Å²) in [5.74, 6) is 3.06. The number of H-pyrrole nitrogens is 1. The maximum absolute atomic E-state index is 5.36. The number of hydrogen-bond donors (Lipinski definition) is 2. The van der Waals surface area contributed by atoms with Gasteiger partial charge in [0.1, 0.15) is 17.1 Å². The van der Waals surface area contributed by atoms with E-state index in [9.17, 15) is 0 Å². The molecule has 0 atom stereocenters. The van der Waals surface area contributed by atoms with Crippen molar-refractivity contribution in [1.29, 1.82) is 0 Å². The van der Waals surface area contributed by atoms with E-state index in [2.05, 4.69) is 20.3 Å². The summed E-state index contributed by atoms with van der Waals surface area (Å²) in [6.07, 6.45) is 9.55. The van der Waals surface area contributed by atoms with Crippen molar-refractivity contribution in [2.45, 2.75) is 44.6 Å². The minimum atomic E-state index is 0.457. The standard InChI is InChI=1S/C16H19N5O/c1-2-5-11(6-3-1)14-20-15(13-16(21-14)19-10-18-13)17-9-12-7-4-8-22-12/h4,7-8,10-11H,1-3,5-6,9H2,(H2,17,18,19,20,21). The van der Waals surface area contributed by atoms with Crippen LogP contribution in [0.25, 0.3) is 11.2 Å². The fourth-order valence-corrected chi connectivity index (χ4v) is 3.11. The minimum absolute atomic E-state index is 0.457. The monoisotopic (exact) mass is 297 g/mol. The van der Waals surface area contributed by atoms with Crippen LogP contribution in [0, 0.1) is 0 Å². The molecule has 114 valence electrons. The van der Waals surface area contributed by atoms with Crippen LogP contribution >= 0.6 is 0 Å². The SMILES string of the molecule is c1coc(CNc2nc(C3CCCCC3)nc3nc[nH]c23)c1. The van der Waals surface area contributed by atoms with Gasteiger partial charge in [-0.1, -0.05) is 19.3 Å². The molecule has 2 N–H and O–H groups in total. The number of nitrogens with one attached hydrogen (secondary N) is 2. The third kappa shape index (κ3) is 2.56. The minimum Gasteiger partial charge on any atom is -0.467 e. The van der Waals surface area contributed by atoms with E-state index in [1.165, 1.54) is 32.1 Å². The van der Waals surface area contributed by atoms with Crippen LogP contribution in [0.2, 0.25) is 0 Å². The van der Waals surface area contributed by atoms with E-state index in [4.69, 9.17) is 9.40 Å². The van der Waals surface area contributed by atoms with E-state index in [0.29, 0.717) is 12.5 Å². The number of fused-ring (bicyclic) bond motifs is 1. The summed E-state index contributed by atoms with van der Waals surface area (Å²) in [5, 5.41) is 3.34. The Labute approximate surface area is 128 Å². The Morgan fingerprint density at radius 3 is 2.95 bits per heavy atom. The molecule has 6 nitrogen and oxygen atoms in total. The van der Waals surface area contributed by atoms with Gasteiger partial charge in [-0.25, -0.2) is 15.0 Å². The highest BCUT2D eigenvalue weighted by molar-refractivity contribution is 5.82. The molecule has 3 aromatic heterocycles. The predicted octanol–water partition coefficient (Wildman–Crippen LogP) is 3.61. The van der Waals surface area contributed by atoms with E-state index in [-0.39, 0.29) is 0 Å². The average Bonchev–Trinajstić information content (AvgIpc) is 3.24. The zero-order valence-corrected chi connectivity index (χ0v) is 12.4. The molecule has 0 spiro atoms. The van der Waals surface area contributed by atoms with E-state index in [0.717, 1.165) is 28.6 Å². The molecule has 0 saturated heterocycles. The van der Waals surface area contributed by atoms with Crippen molar-refractivity contribution in [3.8, 4) is 0 Å². The number of furan rings is 1. The van der Waals surface area contributed by atoms with E-state index in [1.54, 1.807) is 12.6 Å². The fraction of sp³-hybridized carbons (Fsp3) is 0.438. The van der Waals surface area contributed by atoms with Gasteiger partial charge in [-0.05, 0) is 25.0 Å². The Morgan fingerprint density at radius 2 is 2.14 bits per heavy atom. The topological polar surface area (TPSA) is 79.6 Å². The molecule has 3 aromatic rings. The van der Waals surface area contributed by atoms with Crippen LogP contribution in [0.5, 0.6) is 0 Å². The molecule has 0 aromatic carbocycles. The summed E-state index contributed by atoms with van der Waals surface area (Å²) in [6.45, 7) is 0.599. The largest absolute Gasteiger partial charge is 0.467 e. The van der Waals surface area contributed by atoms with E-state index < -0.39 is 0 Å². The fourth-order valence-electron chi connectivity index (χ4n) is 3.11. The number of hydrogen-bond acceptors (Lipinski definition) is 5. The Balaban J connectivity index is 1.64. The van der Waals surface area contributed by atoms with Crippen molar-refractivity contribution in [3.05, 3.63) is 36.3 Å². The van der Waals surface area contributed by atoms with Crippen LogP contribution in [-0.2, 0) is 6.54 Å². The van der Waals surface area contributed by atoms with Crippen LogP contribution in [0.3, 0.4) is 0 Å². The molecule has 0 aliphatic heterocycles. The summed E-state index contributed by atoms with van der Waals surface area (Å²) in [5.41, 5.74) is 1.59. The number of nitrogens with zero attached hydrogens (tertiary/aromatic N) is 3. The first-order valence-corrected chi connectivity index (χ1v) is 7.87. The van der Waals surface area contributed by atoms with Gasteiger partial charge >= 0.3 is 0 Å². The number of aromatic amines is 1. The molecule has 6 heteroatoms. The van der Waals surface area contributed by atoms with Crippen molar-refractivity contribution in [2.24, 2.45) is 0 Å². The molecule has 1 aliphatic rings. The molecule has 0 radical (unpaired) electrons. The van der Waals surface area contributed by atoms with Gasteiger partial charge in [0.05, 0.1) is 19.1 Å². The normalized spacial score (nSPS) is 16.2. The molecule has 4 rings (SSSR count). The lowest BCUT2D eigenvalue weighted by Gasteiger charge is -2.20. The first-order chi connectivity index (χ1) is 10.9. The molecule has 0 amide bonds. The maximum atomic E-state index is 5.36. The van der Waals surface area contributed by atoms with Crippen LogP contribution in [-0.4, -0.2) is 19.9 Å². The van der Waals surface area contributed by atoms with Gasteiger partial charge in [0, 0.05) is 5.92 Å². The van der Waals surface area contributed by atoms with Gasteiger partial charge in [0.15, 0.2) is 11.5 Å². The lowest BCUT2D eigenvalue weighted by molar-refractivity contribution is 0.429. The second-order valence-electron chi connectivity index (χ2n) is 5.80. The number of anilines is 1. The Bertz CT molecular complexity index is 743. The van der Waals surface area contributed by atoms with E-state index in [1.807, 2.05) is 12.1 Å². The lowest BCUT2D eigenvalue weighted by Crippen LogP contribution is -2.11. The highest BCUT2D eigenvalue weighted by Gasteiger charge is 2.20. The second-order valence-corrected chi connectivity index (χ2v) is 5.80. The third-order valence-electron chi connectivity index (χ3n) is 4.28. The highest BCUT2D eigenvalue weighted by atomic mass is 16.3. The van der Waals surface area contributed by atoms with Gasteiger partial charge in [-0.3, -0.25) is 0 Å². The summed E-state index contributed by atoms with van der Waals surface area (Å²) in [6, 6.07) is 3.83. The first-order valence-electron chi connectivity index (χ1n) is 7.87. The van der Waals surface area contributed by atoms with Crippen molar-refractivity contribution in [3.63, 3.8) is 0 Å². The Hall–Kier alpha value is -2.37. The van der Waals surface area contributed by atoms with E-state index >= 15 is 0 Å². The van der Waals surface area contributed by atoms with Crippen molar-refractivity contribution >= 4 is 17.0 Å². The molecule has 0 bridgehead atoms. The van der Waals surface area contributed by atoms with Gasteiger partial charge < -0.3 is 14.7 Å². The Kier molecular flexibility index (Phi) is 3.50. The van der Waals surface area contributed by atoms with Crippen molar-refractivity contribution < 1.29 is 4.42 Å². The molecule has 0 unspecified atom stereocenters. The zero-order valence-electron chi connectivity index (χ0n) is 12.4. The molecular weight excluding hydrogens is 278 g/mol. The van der Waals surface area contributed by atoms with Crippen molar-refractivity contribution in [1.82, 2.24) is 19.9 Å². The average molecular weight is 297 g/mol.